The van der Waals surface area contributed by atoms with Gasteiger partial charge in [-0.25, -0.2) is 4.79 Å². The van der Waals surface area contributed by atoms with Gasteiger partial charge in [-0.05, 0) is 77.4 Å². The Bertz CT molecular complexity index is 869. The van der Waals surface area contributed by atoms with E-state index in [9.17, 15) is 19.2 Å². The molecule has 0 bridgehead atoms. The molecule has 0 aliphatic carbocycles. The Morgan fingerprint density at radius 2 is 1.14 bits per heavy atom. The molecule has 0 aromatic heterocycles. The number of hydrogen-bond acceptors (Lipinski definition) is 7. The molecule has 1 heterocycles. The van der Waals surface area contributed by atoms with Crippen LogP contribution in [0.25, 0.3) is 0 Å². The van der Waals surface area contributed by atoms with Gasteiger partial charge in [-0.1, -0.05) is 111 Å². The quantitative estimate of drug-likeness (QED) is 0.0376. The zero-order valence-electron chi connectivity index (χ0n) is 32.3. The number of urea groups is 1. The highest BCUT2D eigenvalue weighted by atomic mass is 16.5. The van der Waals surface area contributed by atoms with Crippen molar-refractivity contribution in [2.75, 3.05) is 46.4 Å². The monoisotopic (exact) mass is 694 g/mol. The van der Waals surface area contributed by atoms with Crippen LogP contribution in [0.2, 0.25) is 0 Å². The number of hydrogen-bond donors (Lipinski definition) is 0. The first-order chi connectivity index (χ1) is 23.8. The average Bonchev–Trinajstić information content (AvgIpc) is 3.32. The largest absolute Gasteiger partial charge is 0.466 e. The minimum absolute atomic E-state index is 0.0296. The van der Waals surface area contributed by atoms with Gasteiger partial charge in [-0.15, -0.1) is 0 Å². The molecule has 0 spiro atoms. The average molecular weight is 694 g/mol. The molecule has 3 amide bonds. The maximum Gasteiger partial charge on any atom is 0.326 e. The van der Waals surface area contributed by atoms with Crippen molar-refractivity contribution in [3.05, 3.63) is 0 Å². The van der Waals surface area contributed by atoms with Crippen molar-refractivity contribution in [3.8, 4) is 0 Å². The van der Waals surface area contributed by atoms with Crippen LogP contribution in [0, 0.1) is 0 Å². The molecule has 49 heavy (non-hydrogen) atoms. The fourth-order valence-electron chi connectivity index (χ4n) is 6.47. The predicted molar refractivity (Wildman–Crippen MR) is 199 cm³/mol. The van der Waals surface area contributed by atoms with Gasteiger partial charge in [0.2, 0.25) is 5.91 Å². The third-order valence-corrected chi connectivity index (χ3v) is 9.62. The van der Waals surface area contributed by atoms with Gasteiger partial charge < -0.3 is 19.3 Å². The molecule has 1 fully saturated rings. The number of unbranched alkanes of at least 4 members (excludes halogenated alkanes) is 15. The van der Waals surface area contributed by atoms with Crippen molar-refractivity contribution >= 4 is 23.9 Å². The van der Waals surface area contributed by atoms with Gasteiger partial charge in [0.15, 0.2) is 0 Å². The Morgan fingerprint density at radius 1 is 0.633 bits per heavy atom. The van der Waals surface area contributed by atoms with Gasteiger partial charge in [0, 0.05) is 26.4 Å². The van der Waals surface area contributed by atoms with Crippen molar-refractivity contribution in [2.24, 2.45) is 0 Å². The molecule has 1 aliphatic rings. The molecule has 0 aromatic rings. The van der Waals surface area contributed by atoms with Crippen LogP contribution in [0.1, 0.15) is 181 Å². The van der Waals surface area contributed by atoms with E-state index in [0.717, 1.165) is 135 Å². The molecule has 1 unspecified atom stereocenters. The van der Waals surface area contributed by atoms with E-state index in [4.69, 9.17) is 9.47 Å². The summed E-state index contributed by atoms with van der Waals surface area (Å²) < 4.78 is 11.2. The zero-order valence-corrected chi connectivity index (χ0v) is 32.3. The highest BCUT2D eigenvalue weighted by Gasteiger charge is 2.32. The lowest BCUT2D eigenvalue weighted by Gasteiger charge is -2.23. The molecule has 0 N–H and O–H groups in total. The Balaban J connectivity index is 2.30. The molecular formula is C40H75N3O6. The van der Waals surface area contributed by atoms with E-state index in [1.807, 2.05) is 0 Å². The lowest BCUT2D eigenvalue weighted by molar-refractivity contribution is -0.150. The Kier molecular flexibility index (Phi) is 28.1. The first-order valence-electron chi connectivity index (χ1n) is 20.4. The van der Waals surface area contributed by atoms with E-state index in [2.05, 4.69) is 25.7 Å². The van der Waals surface area contributed by atoms with Crippen LogP contribution in [-0.2, 0) is 23.9 Å². The highest BCUT2D eigenvalue weighted by Crippen LogP contribution is 2.16. The van der Waals surface area contributed by atoms with Gasteiger partial charge >= 0.3 is 18.0 Å². The molecule has 0 radical (unpaired) electrons. The first-order valence-corrected chi connectivity index (χ1v) is 20.4. The zero-order chi connectivity index (χ0) is 36.0. The molecule has 1 atom stereocenters. The second-order valence-corrected chi connectivity index (χ2v) is 14.3. The van der Waals surface area contributed by atoms with Crippen LogP contribution in [0.4, 0.5) is 4.79 Å². The molecule has 0 aromatic carbocycles. The van der Waals surface area contributed by atoms with E-state index in [0.29, 0.717) is 26.0 Å². The summed E-state index contributed by atoms with van der Waals surface area (Å²) >= 11 is 0. The van der Waals surface area contributed by atoms with E-state index >= 15 is 0 Å². The molecule has 1 rings (SSSR count). The maximum atomic E-state index is 12.5. The van der Waals surface area contributed by atoms with Gasteiger partial charge in [-0.3, -0.25) is 19.3 Å². The third-order valence-electron chi connectivity index (χ3n) is 9.62. The van der Waals surface area contributed by atoms with Crippen LogP contribution in [0.15, 0.2) is 0 Å². The first kappa shape index (κ1) is 44.9. The van der Waals surface area contributed by atoms with Gasteiger partial charge in [0.05, 0.1) is 6.61 Å². The van der Waals surface area contributed by atoms with E-state index in [-0.39, 0.29) is 36.5 Å². The maximum absolute atomic E-state index is 12.5. The number of carbonyl (C=O) groups excluding carboxylic acids is 4. The van der Waals surface area contributed by atoms with Crippen molar-refractivity contribution < 1.29 is 28.7 Å². The number of likely N-dealkylation sites (N-methyl/N-ethyl adjacent to an activating group) is 1. The number of imide groups is 1. The van der Waals surface area contributed by atoms with Crippen molar-refractivity contribution in [1.82, 2.24) is 14.7 Å². The minimum Gasteiger partial charge on any atom is -0.466 e. The summed E-state index contributed by atoms with van der Waals surface area (Å²) in [6, 6.07) is -0.190. The second-order valence-electron chi connectivity index (χ2n) is 14.3. The van der Waals surface area contributed by atoms with Crippen molar-refractivity contribution in [2.45, 2.75) is 187 Å². The summed E-state index contributed by atoms with van der Waals surface area (Å²) in [7, 11) is 1.67. The van der Waals surface area contributed by atoms with E-state index in [1.54, 1.807) is 7.05 Å². The van der Waals surface area contributed by atoms with E-state index in [1.165, 1.54) is 41.9 Å². The van der Waals surface area contributed by atoms with Crippen LogP contribution in [0.5, 0.6) is 0 Å². The molecule has 286 valence electrons. The molecule has 1 aliphatic heterocycles. The molecule has 9 heteroatoms. The summed E-state index contributed by atoms with van der Waals surface area (Å²) in [5.74, 6) is -0.193. The Labute approximate surface area is 300 Å². The standard InChI is InChI=1S/C40H75N3O6/c1-5-8-11-18-24-34-48-38(45)28-20-14-12-16-22-30-42(32-25-33-43-37(44)35-41(4)40(43)47)31-23-17-13-15-21-29-39(46)49-36(26-10-7-3)27-19-9-6-2/h36H,5-35H2,1-4H3. The van der Waals surface area contributed by atoms with Crippen molar-refractivity contribution in [3.63, 3.8) is 0 Å². The SMILES string of the molecule is CCCCCCCOC(=O)CCCCCCCN(CCCCCCCC(=O)OC(CCCC)CCCCC)CCCN1C(=O)CN(C)C1=O. The summed E-state index contributed by atoms with van der Waals surface area (Å²) in [4.78, 5) is 54.3. The molecular weight excluding hydrogens is 618 g/mol. The Hall–Kier alpha value is -2.16. The number of amides is 3. The number of ether oxygens (including phenoxy) is 2. The number of nitrogens with zero attached hydrogens (tertiary/aromatic N) is 3. The summed E-state index contributed by atoms with van der Waals surface area (Å²) in [5, 5.41) is 0. The lowest BCUT2D eigenvalue weighted by atomic mass is 10.1. The fourth-order valence-corrected chi connectivity index (χ4v) is 6.47. The van der Waals surface area contributed by atoms with Gasteiger partial charge in [0.1, 0.15) is 12.6 Å². The van der Waals surface area contributed by atoms with E-state index < -0.39 is 0 Å². The van der Waals surface area contributed by atoms with Crippen LogP contribution < -0.4 is 0 Å². The fraction of sp³-hybridized carbons (Fsp3) is 0.900. The molecule has 1 saturated heterocycles. The Morgan fingerprint density at radius 3 is 1.76 bits per heavy atom. The number of esters is 2. The predicted octanol–water partition coefficient (Wildman–Crippen LogP) is 9.45. The van der Waals surface area contributed by atoms with Crippen LogP contribution in [0.3, 0.4) is 0 Å². The molecule has 0 saturated carbocycles. The second kappa shape index (κ2) is 30.6. The van der Waals surface area contributed by atoms with Gasteiger partial charge in [-0.2, -0.15) is 0 Å². The van der Waals surface area contributed by atoms with Crippen LogP contribution in [-0.4, -0.2) is 91.1 Å². The summed E-state index contributed by atoms with van der Waals surface area (Å²) in [6.45, 7) is 10.7. The number of carbonyl (C=O) groups is 4. The highest BCUT2D eigenvalue weighted by molar-refractivity contribution is 6.01. The van der Waals surface area contributed by atoms with Crippen LogP contribution >= 0.6 is 0 Å². The number of rotatable bonds is 34. The third kappa shape index (κ3) is 23.8. The molecule has 9 nitrogen and oxygen atoms in total. The van der Waals surface area contributed by atoms with Gasteiger partial charge in [0.25, 0.3) is 0 Å². The smallest absolute Gasteiger partial charge is 0.326 e. The summed E-state index contributed by atoms with van der Waals surface area (Å²) in [5.41, 5.74) is 0. The van der Waals surface area contributed by atoms with Crippen molar-refractivity contribution in [1.29, 1.82) is 0 Å². The summed E-state index contributed by atoms with van der Waals surface area (Å²) in [6.07, 6.45) is 26.0. The normalized spacial score (nSPS) is 13.9. The lowest BCUT2D eigenvalue weighted by Crippen LogP contribution is -2.35. The minimum atomic E-state index is -0.190. The topological polar surface area (TPSA) is 96.5 Å².